The molecule has 1 aliphatic heterocycles. The lowest BCUT2D eigenvalue weighted by atomic mass is 10.2. The van der Waals surface area contributed by atoms with Crippen molar-refractivity contribution in [1.82, 2.24) is 0 Å². The van der Waals surface area contributed by atoms with E-state index in [1.165, 1.54) is 23.9 Å². The summed E-state index contributed by atoms with van der Waals surface area (Å²) in [7, 11) is -2.12. The molecule has 2 amide bonds. The fourth-order valence-corrected chi connectivity index (χ4v) is 5.12. The van der Waals surface area contributed by atoms with Crippen LogP contribution in [0, 0.1) is 0 Å². The van der Waals surface area contributed by atoms with Crippen molar-refractivity contribution in [2.45, 2.75) is 34.8 Å². The van der Waals surface area contributed by atoms with Crippen molar-refractivity contribution >= 4 is 44.8 Å². The Hall–Kier alpha value is -2.52. The van der Waals surface area contributed by atoms with Crippen LogP contribution in [0.25, 0.3) is 0 Å². The maximum absolute atomic E-state index is 12.6. The summed E-state index contributed by atoms with van der Waals surface area (Å²) in [4.78, 5) is 25.1. The number of benzene rings is 2. The average Bonchev–Trinajstić information content (AvgIpc) is 2.72. The van der Waals surface area contributed by atoms with Gasteiger partial charge < -0.3 is 15.4 Å². The second kappa shape index (κ2) is 8.87. The van der Waals surface area contributed by atoms with E-state index in [9.17, 15) is 18.0 Å². The summed E-state index contributed by atoms with van der Waals surface area (Å²) in [6, 6.07) is 11.4. The minimum absolute atomic E-state index is 0.0874. The summed E-state index contributed by atoms with van der Waals surface area (Å²) in [5.74, 6) is -0.190. The lowest BCUT2D eigenvalue weighted by Gasteiger charge is -2.23. The lowest BCUT2D eigenvalue weighted by molar-refractivity contribution is -0.116. The van der Waals surface area contributed by atoms with E-state index in [-0.39, 0.29) is 28.2 Å². The molecule has 29 heavy (non-hydrogen) atoms. The van der Waals surface area contributed by atoms with Crippen LogP contribution in [0.15, 0.2) is 52.3 Å². The van der Waals surface area contributed by atoms with E-state index in [4.69, 9.17) is 4.74 Å². The normalized spacial score (nSPS) is 15.9. The third kappa shape index (κ3) is 5.10. The summed E-state index contributed by atoms with van der Waals surface area (Å²) in [5.41, 5.74) is 1.06. The largest absolute Gasteiger partial charge is 0.497 e. The molecule has 1 atom stereocenters. The van der Waals surface area contributed by atoms with Gasteiger partial charge in [0.2, 0.25) is 11.8 Å². The number of anilines is 2. The van der Waals surface area contributed by atoms with Crippen molar-refractivity contribution < 1.29 is 22.7 Å². The number of methoxy groups -OCH3 is 1. The van der Waals surface area contributed by atoms with E-state index in [0.717, 1.165) is 4.90 Å². The molecule has 9 heteroatoms. The van der Waals surface area contributed by atoms with Gasteiger partial charge >= 0.3 is 0 Å². The van der Waals surface area contributed by atoms with Crippen molar-refractivity contribution in [2.24, 2.45) is 0 Å². The molecule has 0 spiro atoms. The van der Waals surface area contributed by atoms with Crippen LogP contribution in [0.4, 0.5) is 11.4 Å². The first-order valence-electron chi connectivity index (χ1n) is 9.10. The molecule has 7 nitrogen and oxygen atoms in total. The summed E-state index contributed by atoms with van der Waals surface area (Å²) < 4.78 is 30.3. The number of fused-ring (bicyclic) bond motifs is 1. The van der Waals surface area contributed by atoms with E-state index in [0.29, 0.717) is 23.5 Å². The molecule has 2 N–H and O–H groups in total. The van der Waals surface area contributed by atoms with Gasteiger partial charge in [-0.3, -0.25) is 9.59 Å². The Labute approximate surface area is 174 Å². The van der Waals surface area contributed by atoms with Gasteiger partial charge in [-0.1, -0.05) is 6.92 Å². The van der Waals surface area contributed by atoms with E-state index < -0.39 is 15.7 Å². The molecule has 0 radical (unpaired) electrons. The summed E-state index contributed by atoms with van der Waals surface area (Å²) in [5, 5.41) is 5.26. The van der Waals surface area contributed by atoms with E-state index in [1.807, 2.05) is 6.92 Å². The molecule has 1 heterocycles. The number of ether oxygens (including phenoxy) is 1. The van der Waals surface area contributed by atoms with Crippen molar-refractivity contribution in [3.05, 3.63) is 42.5 Å². The van der Waals surface area contributed by atoms with Crippen LogP contribution in [0.3, 0.4) is 0 Å². The first-order chi connectivity index (χ1) is 13.8. The Morgan fingerprint density at radius 3 is 2.59 bits per heavy atom. The van der Waals surface area contributed by atoms with E-state index in [2.05, 4.69) is 10.6 Å². The molecule has 0 saturated carbocycles. The second-order valence-electron chi connectivity index (χ2n) is 6.51. The number of hydrogen-bond acceptors (Lipinski definition) is 6. The van der Waals surface area contributed by atoms with Crippen LogP contribution in [0.2, 0.25) is 0 Å². The molecule has 1 aliphatic rings. The number of carbonyl (C=O) groups is 2. The van der Waals surface area contributed by atoms with Crippen molar-refractivity contribution in [2.75, 3.05) is 23.5 Å². The zero-order valence-corrected chi connectivity index (χ0v) is 17.7. The number of amides is 2. The second-order valence-corrected chi connectivity index (χ2v) is 9.86. The third-order valence-electron chi connectivity index (χ3n) is 4.47. The van der Waals surface area contributed by atoms with Crippen LogP contribution < -0.4 is 15.4 Å². The first-order valence-corrected chi connectivity index (χ1v) is 11.6. The number of thioether (sulfide) groups is 1. The predicted molar refractivity (Wildman–Crippen MR) is 113 cm³/mol. The predicted octanol–water partition coefficient (Wildman–Crippen LogP) is 3.32. The fraction of sp³-hybridized carbons (Fsp3) is 0.300. The van der Waals surface area contributed by atoms with Crippen LogP contribution in [0.1, 0.15) is 19.8 Å². The highest BCUT2D eigenvalue weighted by molar-refractivity contribution is 8.01. The molecular weight excluding hydrogens is 412 g/mol. The molecular formula is C20H22N2O5S2. The monoisotopic (exact) mass is 434 g/mol. The van der Waals surface area contributed by atoms with Crippen LogP contribution in [-0.2, 0) is 19.4 Å². The Morgan fingerprint density at radius 2 is 1.93 bits per heavy atom. The van der Waals surface area contributed by atoms with Crippen LogP contribution in [0.5, 0.6) is 5.75 Å². The molecule has 2 aromatic carbocycles. The number of rotatable bonds is 7. The maximum atomic E-state index is 12.6. The van der Waals surface area contributed by atoms with Gasteiger partial charge in [0.05, 0.1) is 28.7 Å². The quantitative estimate of drug-likeness (QED) is 0.693. The number of hydrogen-bond donors (Lipinski definition) is 2. The molecule has 0 saturated heterocycles. The number of sulfone groups is 1. The van der Waals surface area contributed by atoms with Gasteiger partial charge in [-0.05, 0) is 48.9 Å². The van der Waals surface area contributed by atoms with Crippen molar-refractivity contribution in [3.63, 3.8) is 0 Å². The van der Waals surface area contributed by atoms with Gasteiger partial charge in [-0.25, -0.2) is 8.42 Å². The molecule has 0 aliphatic carbocycles. The summed E-state index contributed by atoms with van der Waals surface area (Å²) in [6.45, 7) is 1.93. The Kier molecular flexibility index (Phi) is 6.49. The van der Waals surface area contributed by atoms with Crippen molar-refractivity contribution in [1.29, 1.82) is 0 Å². The van der Waals surface area contributed by atoms with Crippen LogP contribution >= 0.6 is 11.8 Å². The molecule has 2 aromatic rings. The lowest BCUT2D eigenvalue weighted by Crippen LogP contribution is -2.28. The third-order valence-corrected chi connectivity index (χ3v) is 7.63. The van der Waals surface area contributed by atoms with E-state index in [1.54, 1.807) is 37.4 Å². The molecule has 0 fully saturated rings. The summed E-state index contributed by atoms with van der Waals surface area (Å²) in [6.07, 6.45) is 0.518. The van der Waals surface area contributed by atoms with Crippen LogP contribution in [-0.4, -0.2) is 38.3 Å². The first kappa shape index (κ1) is 21.2. The number of carbonyl (C=O) groups excluding carboxylic acids is 2. The minimum atomic E-state index is -3.67. The highest BCUT2D eigenvalue weighted by Crippen LogP contribution is 2.38. The molecule has 0 aromatic heterocycles. The van der Waals surface area contributed by atoms with Gasteiger partial charge in [0, 0.05) is 17.0 Å². The molecule has 3 rings (SSSR count). The topological polar surface area (TPSA) is 102 Å². The van der Waals surface area contributed by atoms with E-state index >= 15 is 0 Å². The fourth-order valence-electron chi connectivity index (χ4n) is 2.83. The zero-order valence-electron chi connectivity index (χ0n) is 16.1. The standard InChI is InChI=1S/C20H22N2O5S2/c1-3-17-20(24)22-16-12-15(8-9-18(16)28-17)29(25,26)11-10-19(23)21-13-4-6-14(27-2)7-5-13/h4-9,12,17H,3,10-11H2,1-2H3,(H,21,23)(H,22,24)/t17-/m1/s1. The average molecular weight is 435 g/mol. The van der Waals surface area contributed by atoms with Gasteiger partial charge in [-0.2, -0.15) is 0 Å². The number of nitrogens with one attached hydrogen (secondary N) is 2. The minimum Gasteiger partial charge on any atom is -0.497 e. The SMILES string of the molecule is CC[C@H]1Sc2ccc(S(=O)(=O)CCC(=O)Nc3ccc(OC)cc3)cc2NC1=O. The van der Waals surface area contributed by atoms with Gasteiger partial charge in [0.1, 0.15) is 5.75 Å². The Morgan fingerprint density at radius 1 is 1.21 bits per heavy atom. The Balaban J connectivity index is 1.64. The molecule has 0 bridgehead atoms. The summed E-state index contributed by atoms with van der Waals surface area (Å²) >= 11 is 1.43. The maximum Gasteiger partial charge on any atom is 0.237 e. The van der Waals surface area contributed by atoms with Gasteiger partial charge in [0.15, 0.2) is 9.84 Å². The highest BCUT2D eigenvalue weighted by atomic mass is 32.2. The van der Waals surface area contributed by atoms with Gasteiger partial charge in [0.25, 0.3) is 0 Å². The highest BCUT2D eigenvalue weighted by Gasteiger charge is 2.27. The molecule has 0 unspecified atom stereocenters. The Bertz CT molecular complexity index is 1020. The van der Waals surface area contributed by atoms with Crippen molar-refractivity contribution in [3.8, 4) is 5.75 Å². The smallest absolute Gasteiger partial charge is 0.237 e. The van der Waals surface area contributed by atoms with Gasteiger partial charge in [-0.15, -0.1) is 11.8 Å². The molecule has 154 valence electrons. The zero-order chi connectivity index (χ0) is 21.0.